The maximum absolute atomic E-state index is 13.0. The smallest absolute Gasteiger partial charge is 0.319 e. The highest BCUT2D eigenvalue weighted by atomic mass is 32.1. The second kappa shape index (κ2) is 11.2. The zero-order valence-corrected chi connectivity index (χ0v) is 23.9. The highest BCUT2D eigenvalue weighted by molar-refractivity contribution is 7.18. The van der Waals surface area contributed by atoms with Crippen molar-refractivity contribution in [2.24, 2.45) is 0 Å². The Balaban J connectivity index is 1.10. The van der Waals surface area contributed by atoms with E-state index in [9.17, 15) is 4.79 Å². The van der Waals surface area contributed by atoms with Crippen LogP contribution < -0.4 is 14.4 Å². The molecule has 6 rings (SSSR count). The Morgan fingerprint density at radius 1 is 1.05 bits per heavy atom. The van der Waals surface area contributed by atoms with E-state index in [2.05, 4.69) is 24.0 Å². The lowest BCUT2D eigenvalue weighted by molar-refractivity contribution is -0.141. The molecule has 0 unspecified atom stereocenters. The van der Waals surface area contributed by atoms with E-state index in [4.69, 9.17) is 28.9 Å². The Morgan fingerprint density at radius 3 is 2.60 bits per heavy atom. The number of anilines is 1. The Bertz CT molecular complexity index is 1510. The molecule has 2 aliphatic rings. The van der Waals surface area contributed by atoms with E-state index in [-0.39, 0.29) is 18.6 Å². The summed E-state index contributed by atoms with van der Waals surface area (Å²) < 4.78 is 23.4. The summed E-state index contributed by atoms with van der Waals surface area (Å²) in [5, 5.41) is 3.26. The first-order chi connectivity index (χ1) is 19.4. The number of aryl methyl sites for hydroxylation is 1. The molecular formula is C30H34N4O5S. The predicted octanol–water partition coefficient (Wildman–Crippen LogP) is 4.66. The lowest BCUT2D eigenvalue weighted by Gasteiger charge is -2.35. The van der Waals surface area contributed by atoms with Gasteiger partial charge in [0.25, 0.3) is 5.91 Å². The molecular weight excluding hydrogens is 528 g/mol. The highest BCUT2D eigenvalue weighted by Crippen LogP contribution is 2.34. The zero-order chi connectivity index (χ0) is 27.7. The van der Waals surface area contributed by atoms with E-state index in [1.807, 2.05) is 55.1 Å². The molecule has 0 spiro atoms. The van der Waals surface area contributed by atoms with Crippen LogP contribution in [0, 0.1) is 0 Å². The number of fused-ring (bicyclic) bond motifs is 2. The molecule has 0 aliphatic carbocycles. The van der Waals surface area contributed by atoms with Crippen molar-refractivity contribution < 1.29 is 23.7 Å². The average Bonchev–Trinajstić information content (AvgIpc) is 3.56. The number of benzene rings is 2. The maximum Gasteiger partial charge on any atom is 0.319 e. The van der Waals surface area contributed by atoms with Crippen molar-refractivity contribution in [2.45, 2.75) is 39.1 Å². The standard InChI is InChI=1S/C30H34N4O5S/c1-4-24-16-25-27(31-29(32-28(25)40-24)37-17-23-18-38-30(2,3)39-23)34-13-11-33(12-14-34)26(35)19-36-22-10-9-20-7-5-6-8-21(20)15-22/h5-10,15-16,23H,4,11-14,17-19H2,1-3H3/t23-/m0/s1. The molecule has 10 heteroatoms. The molecule has 9 nitrogen and oxygen atoms in total. The first kappa shape index (κ1) is 26.7. The predicted molar refractivity (Wildman–Crippen MR) is 155 cm³/mol. The number of hydrogen-bond donors (Lipinski definition) is 0. The summed E-state index contributed by atoms with van der Waals surface area (Å²) in [5.41, 5.74) is 0. The third kappa shape index (κ3) is 5.84. The minimum absolute atomic E-state index is 0.0161. The number of aromatic nitrogens is 2. The van der Waals surface area contributed by atoms with Crippen LogP contribution in [-0.4, -0.2) is 78.7 Å². The van der Waals surface area contributed by atoms with Crippen LogP contribution in [0.2, 0.25) is 0 Å². The van der Waals surface area contributed by atoms with Gasteiger partial charge in [0.15, 0.2) is 12.4 Å². The molecule has 1 atom stereocenters. The number of thiophene rings is 1. The normalized spacial score (nSPS) is 18.9. The van der Waals surface area contributed by atoms with Crippen molar-refractivity contribution >= 4 is 44.1 Å². The summed E-state index contributed by atoms with van der Waals surface area (Å²) in [4.78, 5) is 28.7. The van der Waals surface area contributed by atoms with Gasteiger partial charge in [0, 0.05) is 31.1 Å². The van der Waals surface area contributed by atoms with Gasteiger partial charge in [-0.3, -0.25) is 4.79 Å². The van der Waals surface area contributed by atoms with E-state index in [1.165, 1.54) is 4.88 Å². The summed E-state index contributed by atoms with van der Waals surface area (Å²) >= 11 is 1.66. The van der Waals surface area contributed by atoms with Gasteiger partial charge in [0.2, 0.25) is 0 Å². The van der Waals surface area contributed by atoms with E-state index in [1.54, 1.807) is 11.3 Å². The lowest BCUT2D eigenvalue weighted by atomic mass is 10.1. The third-order valence-corrected chi connectivity index (χ3v) is 8.41. The molecule has 2 aliphatic heterocycles. The van der Waals surface area contributed by atoms with Crippen LogP contribution >= 0.6 is 11.3 Å². The maximum atomic E-state index is 13.0. The quantitative estimate of drug-likeness (QED) is 0.307. The van der Waals surface area contributed by atoms with Crippen molar-refractivity contribution in [3.05, 3.63) is 53.4 Å². The van der Waals surface area contributed by atoms with Gasteiger partial charge in [0.1, 0.15) is 29.1 Å². The first-order valence-electron chi connectivity index (χ1n) is 13.8. The highest BCUT2D eigenvalue weighted by Gasteiger charge is 2.33. The van der Waals surface area contributed by atoms with Gasteiger partial charge in [-0.05, 0) is 49.2 Å². The van der Waals surface area contributed by atoms with E-state index < -0.39 is 5.79 Å². The molecule has 1 amide bonds. The number of piperazine rings is 1. The van der Waals surface area contributed by atoms with Gasteiger partial charge < -0.3 is 28.7 Å². The average molecular weight is 563 g/mol. The van der Waals surface area contributed by atoms with Crippen LogP contribution in [0.15, 0.2) is 48.5 Å². The molecule has 210 valence electrons. The lowest BCUT2D eigenvalue weighted by Crippen LogP contribution is -2.50. The summed E-state index contributed by atoms with van der Waals surface area (Å²) in [6.45, 7) is 9.25. The molecule has 2 fully saturated rings. The van der Waals surface area contributed by atoms with Crippen LogP contribution in [0.1, 0.15) is 25.6 Å². The molecule has 40 heavy (non-hydrogen) atoms. The topological polar surface area (TPSA) is 86.3 Å². The molecule has 4 aromatic rings. The fourth-order valence-electron chi connectivity index (χ4n) is 5.09. The second-order valence-corrected chi connectivity index (χ2v) is 11.7. The minimum Gasteiger partial charge on any atom is -0.484 e. The molecule has 0 radical (unpaired) electrons. The van der Waals surface area contributed by atoms with Crippen molar-refractivity contribution in [3.63, 3.8) is 0 Å². The molecule has 0 N–H and O–H groups in total. The van der Waals surface area contributed by atoms with Crippen molar-refractivity contribution in [2.75, 3.05) is 50.9 Å². The van der Waals surface area contributed by atoms with Gasteiger partial charge >= 0.3 is 6.01 Å². The van der Waals surface area contributed by atoms with E-state index in [0.29, 0.717) is 51.2 Å². The van der Waals surface area contributed by atoms with Gasteiger partial charge in [-0.1, -0.05) is 37.3 Å². The van der Waals surface area contributed by atoms with Gasteiger partial charge in [0.05, 0.1) is 12.0 Å². The molecule has 0 saturated carbocycles. The summed E-state index contributed by atoms with van der Waals surface area (Å²) in [7, 11) is 0. The van der Waals surface area contributed by atoms with Crippen molar-refractivity contribution in [1.29, 1.82) is 0 Å². The zero-order valence-electron chi connectivity index (χ0n) is 23.1. The summed E-state index contributed by atoms with van der Waals surface area (Å²) in [5.74, 6) is 0.921. The monoisotopic (exact) mass is 562 g/mol. The number of amides is 1. The summed E-state index contributed by atoms with van der Waals surface area (Å²) in [6.07, 6.45) is 0.761. The SMILES string of the molecule is CCc1cc2c(N3CCN(C(=O)COc4ccc5ccccc5c4)CC3)nc(OC[C@H]3COC(C)(C)O3)nc2s1. The number of carbonyl (C=O) groups is 1. The number of carbonyl (C=O) groups excluding carboxylic acids is 1. The fourth-order valence-corrected chi connectivity index (χ4v) is 6.04. The Kier molecular flexibility index (Phi) is 7.48. The molecule has 0 bridgehead atoms. The van der Waals surface area contributed by atoms with Crippen molar-refractivity contribution in [3.8, 4) is 11.8 Å². The van der Waals surface area contributed by atoms with Crippen LogP contribution in [0.25, 0.3) is 21.0 Å². The van der Waals surface area contributed by atoms with Gasteiger partial charge in [-0.2, -0.15) is 9.97 Å². The van der Waals surface area contributed by atoms with E-state index in [0.717, 1.165) is 33.2 Å². The fraction of sp³-hybridized carbons (Fsp3) is 0.433. The van der Waals surface area contributed by atoms with Gasteiger partial charge in [-0.25, -0.2) is 0 Å². The van der Waals surface area contributed by atoms with Crippen LogP contribution in [0.5, 0.6) is 11.8 Å². The summed E-state index contributed by atoms with van der Waals surface area (Å²) in [6, 6.07) is 16.5. The number of rotatable bonds is 8. The third-order valence-electron chi connectivity index (χ3n) is 7.23. The molecule has 2 saturated heterocycles. The number of ether oxygens (including phenoxy) is 4. The minimum atomic E-state index is -0.606. The van der Waals surface area contributed by atoms with E-state index >= 15 is 0 Å². The largest absolute Gasteiger partial charge is 0.484 e. The van der Waals surface area contributed by atoms with Gasteiger partial charge in [-0.15, -0.1) is 11.3 Å². The second-order valence-electron chi connectivity index (χ2n) is 10.5. The molecule has 2 aromatic heterocycles. The Labute approximate surface area is 237 Å². The number of nitrogens with zero attached hydrogens (tertiary/aromatic N) is 4. The van der Waals surface area contributed by atoms with Crippen LogP contribution in [0.3, 0.4) is 0 Å². The van der Waals surface area contributed by atoms with Crippen molar-refractivity contribution in [1.82, 2.24) is 14.9 Å². The molecule has 2 aromatic carbocycles. The number of hydrogen-bond acceptors (Lipinski definition) is 9. The Hall–Kier alpha value is -3.47. The molecule has 4 heterocycles. The first-order valence-corrected chi connectivity index (χ1v) is 14.6. The van der Waals surface area contributed by atoms with Crippen LogP contribution in [-0.2, 0) is 20.7 Å². The van der Waals surface area contributed by atoms with Crippen LogP contribution in [0.4, 0.5) is 5.82 Å². The Morgan fingerprint density at radius 2 is 1.85 bits per heavy atom.